The summed E-state index contributed by atoms with van der Waals surface area (Å²) < 4.78 is 14.0. The largest absolute Gasteiger partial charge is 0.312 e. The van der Waals surface area contributed by atoms with E-state index >= 15 is 0 Å². The van der Waals surface area contributed by atoms with Crippen LogP contribution in [-0.4, -0.2) is 13.0 Å². The molecular formula is C11H12FNO. The van der Waals surface area contributed by atoms with E-state index in [9.17, 15) is 9.18 Å². The molecule has 1 aliphatic heterocycles. The highest BCUT2D eigenvalue weighted by Crippen LogP contribution is 2.42. The van der Waals surface area contributed by atoms with E-state index in [1.165, 1.54) is 11.8 Å². The fraction of sp³-hybridized carbons (Fsp3) is 0.364. The maximum atomic E-state index is 14.0. The number of aryl methyl sites for hydroxylation is 1. The summed E-state index contributed by atoms with van der Waals surface area (Å²) in [4.78, 5) is 12.9. The standard InChI is InChI=1S/C11H12FNO/c1-7-4-5-9-8(6-7)11(2,12)10(14)13(9)3/h4-6H,1-3H3. The first kappa shape index (κ1) is 9.19. The third-order valence-electron chi connectivity index (χ3n) is 2.73. The Labute approximate surface area is 82.3 Å². The fourth-order valence-electron chi connectivity index (χ4n) is 1.86. The second-order valence-electron chi connectivity index (χ2n) is 3.89. The number of likely N-dealkylation sites (N-methyl/N-ethyl adjacent to an activating group) is 1. The number of carbonyl (C=O) groups excluding carboxylic acids is 1. The molecule has 3 heteroatoms. The van der Waals surface area contributed by atoms with Crippen LogP contribution in [0, 0.1) is 6.92 Å². The minimum atomic E-state index is -1.86. The van der Waals surface area contributed by atoms with Crippen molar-refractivity contribution in [1.82, 2.24) is 0 Å². The predicted octanol–water partition coefficient (Wildman–Crippen LogP) is 2.16. The molecule has 0 aromatic heterocycles. The molecule has 74 valence electrons. The number of benzene rings is 1. The van der Waals surface area contributed by atoms with Gasteiger partial charge in [0.2, 0.25) is 5.67 Å². The van der Waals surface area contributed by atoms with E-state index in [1.54, 1.807) is 19.2 Å². The lowest BCUT2D eigenvalue weighted by Crippen LogP contribution is -2.32. The van der Waals surface area contributed by atoms with Gasteiger partial charge in [0, 0.05) is 12.6 Å². The van der Waals surface area contributed by atoms with Crippen molar-refractivity contribution in [2.24, 2.45) is 0 Å². The van der Waals surface area contributed by atoms with Crippen molar-refractivity contribution in [2.75, 3.05) is 11.9 Å². The van der Waals surface area contributed by atoms with Gasteiger partial charge in [0.15, 0.2) is 0 Å². The maximum absolute atomic E-state index is 14.0. The van der Waals surface area contributed by atoms with Crippen molar-refractivity contribution < 1.29 is 9.18 Å². The molecule has 1 aromatic rings. The Morgan fingerprint density at radius 3 is 2.71 bits per heavy atom. The molecule has 0 radical (unpaired) electrons. The first-order valence-electron chi connectivity index (χ1n) is 4.53. The van der Waals surface area contributed by atoms with Crippen LogP contribution in [0.2, 0.25) is 0 Å². The molecule has 2 nitrogen and oxygen atoms in total. The molecule has 0 fully saturated rings. The Hall–Kier alpha value is -1.38. The van der Waals surface area contributed by atoms with Crippen molar-refractivity contribution in [3.05, 3.63) is 29.3 Å². The van der Waals surface area contributed by atoms with E-state index < -0.39 is 11.6 Å². The molecule has 0 aliphatic carbocycles. The molecule has 1 aliphatic rings. The summed E-state index contributed by atoms with van der Waals surface area (Å²) in [5, 5.41) is 0. The van der Waals surface area contributed by atoms with Crippen LogP contribution in [0.3, 0.4) is 0 Å². The van der Waals surface area contributed by atoms with E-state index in [0.29, 0.717) is 11.3 Å². The Balaban J connectivity index is 2.69. The number of hydrogen-bond acceptors (Lipinski definition) is 1. The average Bonchev–Trinajstić information content (AvgIpc) is 2.29. The van der Waals surface area contributed by atoms with Crippen molar-refractivity contribution in [3.63, 3.8) is 0 Å². The highest BCUT2D eigenvalue weighted by atomic mass is 19.1. The van der Waals surface area contributed by atoms with Crippen LogP contribution < -0.4 is 4.90 Å². The zero-order valence-electron chi connectivity index (χ0n) is 8.47. The van der Waals surface area contributed by atoms with Crippen LogP contribution in [0.5, 0.6) is 0 Å². The van der Waals surface area contributed by atoms with Gasteiger partial charge in [0.25, 0.3) is 5.91 Å². The summed E-state index contributed by atoms with van der Waals surface area (Å²) in [6.45, 7) is 3.20. The van der Waals surface area contributed by atoms with Gasteiger partial charge < -0.3 is 4.90 Å². The molecule has 0 saturated carbocycles. The number of rotatable bonds is 0. The van der Waals surface area contributed by atoms with Crippen LogP contribution >= 0.6 is 0 Å². The molecule has 1 aromatic carbocycles. The van der Waals surface area contributed by atoms with Crippen molar-refractivity contribution in [3.8, 4) is 0 Å². The van der Waals surface area contributed by atoms with Gasteiger partial charge in [0.1, 0.15) is 0 Å². The average molecular weight is 193 g/mol. The molecule has 1 heterocycles. The van der Waals surface area contributed by atoms with Crippen LogP contribution in [0.15, 0.2) is 18.2 Å². The van der Waals surface area contributed by atoms with Gasteiger partial charge in [-0.05, 0) is 19.9 Å². The summed E-state index contributed by atoms with van der Waals surface area (Å²) >= 11 is 0. The number of alkyl halides is 1. The number of fused-ring (bicyclic) bond motifs is 1. The summed E-state index contributed by atoms with van der Waals surface area (Å²) in [6, 6.07) is 5.40. The molecule has 1 unspecified atom stereocenters. The minimum absolute atomic E-state index is 0.477. The quantitative estimate of drug-likeness (QED) is 0.618. The molecule has 0 spiro atoms. The third-order valence-corrected chi connectivity index (χ3v) is 2.73. The monoisotopic (exact) mass is 193 g/mol. The minimum Gasteiger partial charge on any atom is -0.312 e. The number of carbonyl (C=O) groups is 1. The summed E-state index contributed by atoms with van der Waals surface area (Å²) in [7, 11) is 1.60. The lowest BCUT2D eigenvalue weighted by molar-refractivity contribution is -0.127. The smallest absolute Gasteiger partial charge is 0.268 e. The topological polar surface area (TPSA) is 20.3 Å². The summed E-state index contributed by atoms with van der Waals surface area (Å²) in [5.41, 5.74) is 0.252. The zero-order chi connectivity index (χ0) is 10.5. The van der Waals surface area contributed by atoms with E-state index in [2.05, 4.69) is 0 Å². The SMILES string of the molecule is Cc1ccc2c(c1)C(C)(F)C(=O)N2C. The van der Waals surface area contributed by atoms with Gasteiger partial charge in [-0.2, -0.15) is 0 Å². The van der Waals surface area contributed by atoms with Gasteiger partial charge in [-0.25, -0.2) is 4.39 Å². The van der Waals surface area contributed by atoms with Gasteiger partial charge in [-0.3, -0.25) is 4.79 Å². The molecule has 0 bridgehead atoms. The Bertz CT molecular complexity index is 412. The second-order valence-corrected chi connectivity index (χ2v) is 3.89. The molecule has 14 heavy (non-hydrogen) atoms. The molecule has 0 N–H and O–H groups in total. The molecule has 1 amide bonds. The van der Waals surface area contributed by atoms with Gasteiger partial charge in [0.05, 0.1) is 5.69 Å². The number of hydrogen-bond donors (Lipinski definition) is 0. The highest BCUT2D eigenvalue weighted by Gasteiger charge is 2.46. The Morgan fingerprint density at radius 1 is 1.43 bits per heavy atom. The van der Waals surface area contributed by atoms with Gasteiger partial charge in [-0.15, -0.1) is 0 Å². The molecular weight excluding hydrogens is 181 g/mol. The van der Waals surface area contributed by atoms with Crippen molar-refractivity contribution >= 4 is 11.6 Å². The fourth-order valence-corrected chi connectivity index (χ4v) is 1.86. The van der Waals surface area contributed by atoms with Crippen molar-refractivity contribution in [1.29, 1.82) is 0 Å². The summed E-state index contributed by atoms with van der Waals surface area (Å²) in [5.74, 6) is -0.488. The van der Waals surface area contributed by atoms with Crippen molar-refractivity contribution in [2.45, 2.75) is 19.5 Å². The van der Waals surface area contributed by atoms with Gasteiger partial charge >= 0.3 is 0 Å². The van der Waals surface area contributed by atoms with Crippen LogP contribution in [0.4, 0.5) is 10.1 Å². The van der Waals surface area contributed by atoms with E-state index in [4.69, 9.17) is 0 Å². The van der Waals surface area contributed by atoms with E-state index in [-0.39, 0.29) is 0 Å². The molecule has 1 atom stereocenters. The number of halogens is 1. The second kappa shape index (κ2) is 2.56. The highest BCUT2D eigenvalue weighted by molar-refractivity contribution is 6.06. The Morgan fingerprint density at radius 2 is 2.07 bits per heavy atom. The number of nitrogens with zero attached hydrogens (tertiary/aromatic N) is 1. The summed E-state index contributed by atoms with van der Waals surface area (Å²) in [6.07, 6.45) is 0. The first-order valence-corrected chi connectivity index (χ1v) is 4.53. The zero-order valence-corrected chi connectivity index (χ0v) is 8.47. The van der Waals surface area contributed by atoms with E-state index in [1.807, 2.05) is 13.0 Å². The normalized spacial score (nSPS) is 25.4. The number of amides is 1. The predicted molar refractivity (Wildman–Crippen MR) is 53.0 cm³/mol. The van der Waals surface area contributed by atoms with Gasteiger partial charge in [-0.1, -0.05) is 17.7 Å². The van der Waals surface area contributed by atoms with Crippen LogP contribution in [0.1, 0.15) is 18.1 Å². The van der Waals surface area contributed by atoms with Crippen LogP contribution in [0.25, 0.3) is 0 Å². The maximum Gasteiger partial charge on any atom is 0.268 e. The van der Waals surface area contributed by atoms with Crippen LogP contribution in [-0.2, 0) is 10.5 Å². The number of anilines is 1. The van der Waals surface area contributed by atoms with E-state index in [0.717, 1.165) is 5.56 Å². The Kier molecular flexibility index (Phi) is 1.68. The first-order chi connectivity index (χ1) is 6.44. The lowest BCUT2D eigenvalue weighted by atomic mass is 9.98. The molecule has 2 rings (SSSR count). The third kappa shape index (κ3) is 0.983. The lowest BCUT2D eigenvalue weighted by Gasteiger charge is -2.12. The molecule has 0 saturated heterocycles.